The molecule has 4 heteroatoms. The summed E-state index contributed by atoms with van der Waals surface area (Å²) in [6, 6.07) is 7.83. The normalized spacial score (nSPS) is 20.5. The van der Waals surface area contributed by atoms with Gasteiger partial charge in [0.15, 0.2) is 0 Å². The zero-order valence-electron chi connectivity index (χ0n) is 10.1. The van der Waals surface area contributed by atoms with Gasteiger partial charge in [-0.3, -0.25) is 4.90 Å². The summed E-state index contributed by atoms with van der Waals surface area (Å²) in [5.41, 5.74) is 7.53. The number of hydrogen-bond acceptors (Lipinski definition) is 4. The van der Waals surface area contributed by atoms with Crippen molar-refractivity contribution in [2.75, 3.05) is 20.2 Å². The second-order valence-electron chi connectivity index (χ2n) is 4.43. The molecule has 1 fully saturated rings. The molecule has 0 spiro atoms. The van der Waals surface area contributed by atoms with Crippen molar-refractivity contribution in [1.29, 1.82) is 0 Å². The van der Waals surface area contributed by atoms with Gasteiger partial charge in [-0.05, 0) is 18.1 Å². The molecule has 0 saturated carbocycles. The van der Waals surface area contributed by atoms with E-state index in [9.17, 15) is 4.79 Å². The lowest BCUT2D eigenvalue weighted by Crippen LogP contribution is -2.26. The van der Waals surface area contributed by atoms with Gasteiger partial charge in [0.1, 0.15) is 0 Å². The van der Waals surface area contributed by atoms with Crippen LogP contribution in [-0.4, -0.2) is 37.1 Å². The second-order valence-corrected chi connectivity index (χ2v) is 4.43. The van der Waals surface area contributed by atoms with E-state index in [1.165, 1.54) is 7.11 Å². The molecule has 4 nitrogen and oxygen atoms in total. The Morgan fingerprint density at radius 2 is 2.29 bits per heavy atom. The topological polar surface area (TPSA) is 55.6 Å². The first-order chi connectivity index (χ1) is 8.20. The van der Waals surface area contributed by atoms with Gasteiger partial charge < -0.3 is 10.5 Å². The molecule has 17 heavy (non-hydrogen) atoms. The number of carbonyl (C=O) groups excluding carboxylic acids is 1. The summed E-state index contributed by atoms with van der Waals surface area (Å²) < 4.78 is 4.78. The number of esters is 1. The predicted molar refractivity (Wildman–Crippen MR) is 65.7 cm³/mol. The van der Waals surface area contributed by atoms with E-state index in [1.807, 2.05) is 18.2 Å². The van der Waals surface area contributed by atoms with Crippen LogP contribution >= 0.6 is 0 Å². The summed E-state index contributed by atoms with van der Waals surface area (Å²) in [6.07, 6.45) is 1.03. The molecule has 1 aliphatic rings. The monoisotopic (exact) mass is 234 g/mol. The number of nitrogens with two attached hydrogens (primary N) is 1. The maximum absolute atomic E-state index is 11.6. The molecule has 2 rings (SSSR count). The first kappa shape index (κ1) is 12.1. The largest absolute Gasteiger partial charge is 0.465 e. The maximum atomic E-state index is 11.6. The molecule has 2 N–H and O–H groups in total. The van der Waals surface area contributed by atoms with E-state index in [0.717, 1.165) is 31.6 Å². The Bertz CT molecular complexity index is 406. The highest BCUT2D eigenvalue weighted by Crippen LogP contribution is 2.16. The summed E-state index contributed by atoms with van der Waals surface area (Å²) in [6.45, 7) is 2.66. The number of likely N-dealkylation sites (tertiary alicyclic amines) is 1. The fourth-order valence-electron chi connectivity index (χ4n) is 2.21. The first-order valence-corrected chi connectivity index (χ1v) is 5.85. The van der Waals surface area contributed by atoms with Crippen LogP contribution in [0.25, 0.3) is 0 Å². The minimum atomic E-state index is -0.274. The highest BCUT2D eigenvalue weighted by Gasteiger charge is 2.21. The van der Waals surface area contributed by atoms with Gasteiger partial charge in [-0.1, -0.05) is 18.2 Å². The summed E-state index contributed by atoms with van der Waals surface area (Å²) in [7, 11) is 1.41. The van der Waals surface area contributed by atoms with Crippen molar-refractivity contribution in [2.45, 2.75) is 19.0 Å². The fourth-order valence-corrected chi connectivity index (χ4v) is 2.21. The van der Waals surface area contributed by atoms with Crippen molar-refractivity contribution in [2.24, 2.45) is 5.73 Å². The van der Waals surface area contributed by atoms with Crippen molar-refractivity contribution in [3.63, 3.8) is 0 Å². The van der Waals surface area contributed by atoms with Gasteiger partial charge in [-0.15, -0.1) is 0 Å². The van der Waals surface area contributed by atoms with Crippen LogP contribution in [0.1, 0.15) is 22.3 Å². The van der Waals surface area contributed by atoms with E-state index < -0.39 is 0 Å². The maximum Gasteiger partial charge on any atom is 0.338 e. The molecule has 1 unspecified atom stereocenters. The molecule has 0 amide bonds. The molecule has 1 heterocycles. The number of methoxy groups -OCH3 is 1. The fraction of sp³-hybridized carbons (Fsp3) is 0.462. The van der Waals surface area contributed by atoms with Gasteiger partial charge in [-0.25, -0.2) is 4.79 Å². The van der Waals surface area contributed by atoms with Crippen molar-refractivity contribution in [3.8, 4) is 0 Å². The quantitative estimate of drug-likeness (QED) is 0.793. The molecule has 1 aromatic rings. The summed E-state index contributed by atoms with van der Waals surface area (Å²) in [5.74, 6) is -0.274. The number of hydrogen-bond donors (Lipinski definition) is 1. The summed E-state index contributed by atoms with van der Waals surface area (Å²) in [5, 5.41) is 0. The van der Waals surface area contributed by atoms with Crippen molar-refractivity contribution in [3.05, 3.63) is 35.4 Å². The van der Waals surface area contributed by atoms with E-state index in [2.05, 4.69) is 4.90 Å². The molecular formula is C13H18N2O2. The average Bonchev–Trinajstić information content (AvgIpc) is 2.74. The first-order valence-electron chi connectivity index (χ1n) is 5.85. The van der Waals surface area contributed by atoms with E-state index in [4.69, 9.17) is 10.5 Å². The third-order valence-electron chi connectivity index (χ3n) is 3.13. The molecule has 1 atom stereocenters. The summed E-state index contributed by atoms with van der Waals surface area (Å²) >= 11 is 0. The highest BCUT2D eigenvalue weighted by molar-refractivity contribution is 5.90. The van der Waals surface area contributed by atoms with Crippen molar-refractivity contribution >= 4 is 5.97 Å². The molecule has 1 aliphatic heterocycles. The van der Waals surface area contributed by atoms with E-state index in [-0.39, 0.29) is 12.0 Å². The third kappa shape index (κ3) is 2.84. The molecule has 92 valence electrons. The number of benzene rings is 1. The van der Waals surface area contributed by atoms with Gasteiger partial charge in [-0.2, -0.15) is 0 Å². The number of rotatable bonds is 3. The van der Waals surface area contributed by atoms with E-state index in [0.29, 0.717) is 5.56 Å². The minimum Gasteiger partial charge on any atom is -0.465 e. The van der Waals surface area contributed by atoms with Crippen LogP contribution in [0.5, 0.6) is 0 Å². The lowest BCUT2D eigenvalue weighted by atomic mass is 10.1. The number of nitrogens with zero attached hydrogens (tertiary/aromatic N) is 1. The SMILES string of the molecule is COC(=O)c1ccccc1CN1CCC(N)C1. The minimum absolute atomic E-state index is 0.264. The number of ether oxygens (including phenoxy) is 1. The lowest BCUT2D eigenvalue weighted by Gasteiger charge is -2.16. The van der Waals surface area contributed by atoms with Gasteiger partial charge in [0, 0.05) is 25.7 Å². The molecule has 0 aliphatic carbocycles. The zero-order chi connectivity index (χ0) is 12.3. The van der Waals surface area contributed by atoms with Gasteiger partial charge in [0.2, 0.25) is 0 Å². The molecule has 0 bridgehead atoms. The lowest BCUT2D eigenvalue weighted by molar-refractivity contribution is 0.0598. The van der Waals surface area contributed by atoms with Crippen molar-refractivity contribution in [1.82, 2.24) is 4.90 Å². The van der Waals surface area contributed by atoms with Crippen LogP contribution in [0.4, 0.5) is 0 Å². The average molecular weight is 234 g/mol. The smallest absolute Gasteiger partial charge is 0.338 e. The van der Waals surface area contributed by atoms with E-state index >= 15 is 0 Å². The predicted octanol–water partition coefficient (Wildman–Crippen LogP) is 1.01. The molecule has 0 aromatic heterocycles. The highest BCUT2D eigenvalue weighted by atomic mass is 16.5. The molecule has 1 aromatic carbocycles. The summed E-state index contributed by atoms with van der Waals surface area (Å²) in [4.78, 5) is 13.9. The van der Waals surface area contributed by atoms with Crippen LogP contribution in [-0.2, 0) is 11.3 Å². The van der Waals surface area contributed by atoms with Gasteiger partial charge >= 0.3 is 5.97 Å². The zero-order valence-corrected chi connectivity index (χ0v) is 10.1. The Morgan fingerprint density at radius 3 is 2.94 bits per heavy atom. The van der Waals surface area contributed by atoms with Crippen LogP contribution in [0.2, 0.25) is 0 Å². The van der Waals surface area contributed by atoms with Gasteiger partial charge in [0.25, 0.3) is 0 Å². The standard InChI is InChI=1S/C13H18N2O2/c1-17-13(16)12-5-3-2-4-10(12)8-15-7-6-11(14)9-15/h2-5,11H,6-9,14H2,1H3. The Balaban J connectivity index is 2.12. The third-order valence-corrected chi connectivity index (χ3v) is 3.13. The Morgan fingerprint density at radius 1 is 1.53 bits per heavy atom. The Labute approximate surface area is 101 Å². The van der Waals surface area contributed by atoms with E-state index in [1.54, 1.807) is 6.07 Å². The van der Waals surface area contributed by atoms with Crippen LogP contribution in [0.3, 0.4) is 0 Å². The van der Waals surface area contributed by atoms with Crippen molar-refractivity contribution < 1.29 is 9.53 Å². The molecular weight excluding hydrogens is 216 g/mol. The van der Waals surface area contributed by atoms with Crippen LogP contribution in [0.15, 0.2) is 24.3 Å². The van der Waals surface area contributed by atoms with Gasteiger partial charge in [0.05, 0.1) is 12.7 Å². The number of carbonyl (C=O) groups is 1. The Kier molecular flexibility index (Phi) is 3.76. The molecule has 1 saturated heterocycles. The van der Waals surface area contributed by atoms with Crippen LogP contribution in [0, 0.1) is 0 Å². The second kappa shape index (κ2) is 5.29. The Hall–Kier alpha value is -1.39. The van der Waals surface area contributed by atoms with Crippen LogP contribution < -0.4 is 5.73 Å². The molecule has 0 radical (unpaired) electrons.